The molecule has 0 fully saturated rings. The van der Waals surface area contributed by atoms with Gasteiger partial charge in [0.05, 0.1) is 0 Å². The quantitative estimate of drug-likeness (QED) is 0.335. The standard InChI is InChI=1S/C24H15BS/c25-19-14-17(16-7-2-1-3-8-16)13-18(15-19)20-10-6-11-22-21-9-4-5-12-23(21)26-24(20)22/h1-15H. The van der Waals surface area contributed by atoms with Crippen molar-refractivity contribution in [1.82, 2.24) is 0 Å². The van der Waals surface area contributed by atoms with Crippen molar-refractivity contribution < 1.29 is 0 Å². The Hall–Kier alpha value is -2.84. The summed E-state index contributed by atoms with van der Waals surface area (Å²) in [4.78, 5) is 0. The average Bonchev–Trinajstić information content (AvgIpc) is 3.07. The van der Waals surface area contributed by atoms with Crippen LogP contribution >= 0.6 is 11.3 Å². The van der Waals surface area contributed by atoms with Crippen molar-refractivity contribution in [3.8, 4) is 22.3 Å². The zero-order valence-electron chi connectivity index (χ0n) is 14.1. The van der Waals surface area contributed by atoms with Gasteiger partial charge in [0.15, 0.2) is 0 Å². The SMILES string of the molecule is [B]c1cc(-c2ccccc2)cc(-c2cccc3c2sc2ccccc23)c1. The van der Waals surface area contributed by atoms with E-state index in [-0.39, 0.29) is 0 Å². The molecule has 1 aromatic heterocycles. The van der Waals surface area contributed by atoms with Crippen LogP contribution in [-0.4, -0.2) is 7.85 Å². The van der Waals surface area contributed by atoms with Gasteiger partial charge in [-0.1, -0.05) is 84.3 Å². The Morgan fingerprint density at radius 1 is 0.577 bits per heavy atom. The van der Waals surface area contributed by atoms with Gasteiger partial charge < -0.3 is 0 Å². The molecule has 0 saturated heterocycles. The van der Waals surface area contributed by atoms with E-state index in [4.69, 9.17) is 7.85 Å². The second-order valence-corrected chi connectivity index (χ2v) is 7.54. The van der Waals surface area contributed by atoms with Gasteiger partial charge in [-0.25, -0.2) is 0 Å². The highest BCUT2D eigenvalue weighted by molar-refractivity contribution is 7.26. The van der Waals surface area contributed by atoms with Gasteiger partial charge in [0, 0.05) is 20.2 Å². The van der Waals surface area contributed by atoms with Crippen molar-refractivity contribution in [2.45, 2.75) is 0 Å². The molecule has 0 bridgehead atoms. The number of rotatable bonds is 2. The maximum Gasteiger partial charge on any atom is 0.113 e. The molecule has 0 amide bonds. The molecule has 0 atom stereocenters. The first-order chi connectivity index (χ1) is 12.8. The minimum absolute atomic E-state index is 0.791. The van der Waals surface area contributed by atoms with Crippen LogP contribution in [0.4, 0.5) is 0 Å². The van der Waals surface area contributed by atoms with Crippen molar-refractivity contribution >= 4 is 44.8 Å². The zero-order chi connectivity index (χ0) is 17.5. The molecule has 0 aliphatic carbocycles. The van der Waals surface area contributed by atoms with E-state index in [1.807, 2.05) is 23.5 Å². The van der Waals surface area contributed by atoms with Gasteiger partial charge in [0.2, 0.25) is 0 Å². The first-order valence-electron chi connectivity index (χ1n) is 8.66. The summed E-state index contributed by atoms with van der Waals surface area (Å²) < 4.78 is 2.64. The Bertz CT molecular complexity index is 1240. The molecule has 0 N–H and O–H groups in total. The predicted molar refractivity (Wildman–Crippen MR) is 116 cm³/mol. The molecule has 0 aliphatic heterocycles. The van der Waals surface area contributed by atoms with Crippen LogP contribution < -0.4 is 5.46 Å². The highest BCUT2D eigenvalue weighted by atomic mass is 32.1. The summed E-state index contributed by atoms with van der Waals surface area (Å²) in [5.41, 5.74) is 5.54. The van der Waals surface area contributed by atoms with Gasteiger partial charge in [-0.3, -0.25) is 0 Å². The second-order valence-electron chi connectivity index (χ2n) is 6.49. The van der Waals surface area contributed by atoms with Crippen molar-refractivity contribution in [2.24, 2.45) is 0 Å². The van der Waals surface area contributed by atoms with Crippen LogP contribution in [0.25, 0.3) is 42.4 Å². The Kier molecular flexibility index (Phi) is 3.65. The molecule has 2 radical (unpaired) electrons. The minimum atomic E-state index is 0.791. The van der Waals surface area contributed by atoms with Crippen molar-refractivity contribution in [2.75, 3.05) is 0 Å². The molecule has 120 valence electrons. The third-order valence-electron chi connectivity index (χ3n) is 4.78. The van der Waals surface area contributed by atoms with Crippen molar-refractivity contribution in [1.29, 1.82) is 0 Å². The van der Waals surface area contributed by atoms with Gasteiger partial charge in [-0.15, -0.1) is 11.3 Å². The first-order valence-corrected chi connectivity index (χ1v) is 9.48. The highest BCUT2D eigenvalue weighted by Crippen LogP contribution is 2.40. The van der Waals surface area contributed by atoms with E-state index >= 15 is 0 Å². The molecule has 5 aromatic rings. The third-order valence-corrected chi connectivity index (χ3v) is 6.00. The van der Waals surface area contributed by atoms with E-state index in [1.165, 1.54) is 36.9 Å². The van der Waals surface area contributed by atoms with Crippen LogP contribution in [0.2, 0.25) is 0 Å². The van der Waals surface area contributed by atoms with Crippen LogP contribution in [0, 0.1) is 0 Å². The van der Waals surface area contributed by atoms with Gasteiger partial charge in [0.1, 0.15) is 7.85 Å². The molecule has 4 aromatic carbocycles. The summed E-state index contributed by atoms with van der Waals surface area (Å²) in [6.07, 6.45) is 0. The fourth-order valence-electron chi connectivity index (χ4n) is 3.58. The molecule has 5 rings (SSSR count). The monoisotopic (exact) mass is 346 g/mol. The lowest BCUT2D eigenvalue weighted by Gasteiger charge is -2.10. The van der Waals surface area contributed by atoms with Gasteiger partial charge in [-0.2, -0.15) is 0 Å². The van der Waals surface area contributed by atoms with Crippen molar-refractivity contribution in [3.63, 3.8) is 0 Å². The topological polar surface area (TPSA) is 0 Å². The number of hydrogen-bond donors (Lipinski definition) is 0. The lowest BCUT2D eigenvalue weighted by molar-refractivity contribution is 1.63. The molecule has 26 heavy (non-hydrogen) atoms. The van der Waals surface area contributed by atoms with Crippen LogP contribution in [0.5, 0.6) is 0 Å². The Labute approximate surface area is 158 Å². The van der Waals surface area contributed by atoms with E-state index in [1.54, 1.807) is 0 Å². The summed E-state index contributed by atoms with van der Waals surface area (Å²) in [5.74, 6) is 0. The van der Waals surface area contributed by atoms with Gasteiger partial charge >= 0.3 is 0 Å². The molecule has 0 spiro atoms. The summed E-state index contributed by atoms with van der Waals surface area (Å²) in [6, 6.07) is 31.9. The number of thiophene rings is 1. The molecular formula is C24H15BS. The lowest BCUT2D eigenvalue weighted by atomic mass is 9.88. The van der Waals surface area contributed by atoms with E-state index in [9.17, 15) is 0 Å². The smallest absolute Gasteiger partial charge is 0.113 e. The maximum absolute atomic E-state index is 6.26. The molecule has 0 aliphatic rings. The fraction of sp³-hybridized carbons (Fsp3) is 0. The Morgan fingerprint density at radius 2 is 1.31 bits per heavy atom. The zero-order valence-corrected chi connectivity index (χ0v) is 15.0. The summed E-state index contributed by atoms with van der Waals surface area (Å²) in [6.45, 7) is 0. The van der Waals surface area contributed by atoms with Gasteiger partial charge in [0.25, 0.3) is 0 Å². The molecule has 0 unspecified atom stereocenters. The second kappa shape index (κ2) is 6.15. The number of fused-ring (bicyclic) bond motifs is 3. The summed E-state index contributed by atoms with van der Waals surface area (Å²) in [7, 11) is 6.26. The minimum Gasteiger partial charge on any atom is -0.135 e. The summed E-state index contributed by atoms with van der Waals surface area (Å²) >= 11 is 1.85. The number of benzene rings is 4. The van der Waals surface area contributed by atoms with Crippen LogP contribution in [-0.2, 0) is 0 Å². The molecule has 0 saturated carbocycles. The maximum atomic E-state index is 6.26. The normalized spacial score (nSPS) is 11.2. The molecule has 1 heterocycles. The van der Waals surface area contributed by atoms with E-state index < -0.39 is 0 Å². The van der Waals surface area contributed by atoms with Crippen molar-refractivity contribution in [3.05, 3.63) is 91.0 Å². The van der Waals surface area contributed by atoms with E-state index in [0.29, 0.717) is 0 Å². The third kappa shape index (κ3) is 2.54. The first kappa shape index (κ1) is 15.4. The molecule has 0 nitrogen and oxygen atoms in total. The summed E-state index contributed by atoms with van der Waals surface area (Å²) in [5, 5.41) is 2.63. The average molecular weight is 346 g/mol. The molecular weight excluding hydrogens is 331 g/mol. The van der Waals surface area contributed by atoms with Crippen LogP contribution in [0.1, 0.15) is 0 Å². The highest BCUT2D eigenvalue weighted by Gasteiger charge is 2.11. The predicted octanol–water partition coefficient (Wildman–Crippen LogP) is 6.18. The Morgan fingerprint density at radius 3 is 2.19 bits per heavy atom. The Balaban J connectivity index is 1.77. The lowest BCUT2D eigenvalue weighted by Crippen LogP contribution is -2.02. The van der Waals surface area contributed by atoms with E-state index in [0.717, 1.165) is 11.0 Å². The fourth-order valence-corrected chi connectivity index (χ4v) is 4.82. The van der Waals surface area contributed by atoms with Crippen LogP contribution in [0.15, 0.2) is 91.0 Å². The van der Waals surface area contributed by atoms with E-state index in [2.05, 4.69) is 78.9 Å². The van der Waals surface area contributed by atoms with Gasteiger partial charge in [-0.05, 0) is 34.4 Å². The number of hydrogen-bond acceptors (Lipinski definition) is 1. The van der Waals surface area contributed by atoms with Crippen LogP contribution in [0.3, 0.4) is 0 Å². The molecule has 2 heteroatoms. The largest absolute Gasteiger partial charge is 0.135 e.